The Hall–Kier alpha value is -2.84. The van der Waals surface area contributed by atoms with Crippen molar-refractivity contribution in [3.05, 3.63) is 46.8 Å². The largest absolute Gasteiger partial charge is 0.494 e. The molecular formula is C21H24N2O5S. The second-order valence-electron chi connectivity index (χ2n) is 6.08. The fourth-order valence-electron chi connectivity index (χ4n) is 2.89. The standard InChI is InChI=1S/C21H24N2O5S/c1-5-28-15-8-6-14(7-9-15)20(24)22-21-23(10-11-25-2)16-12-17(26-3)18(27-4)13-19(16)29-21/h6-9,12-13H,5,10-11H2,1-4H3. The molecule has 1 aromatic heterocycles. The van der Waals surface area contributed by atoms with Crippen molar-refractivity contribution in [1.82, 2.24) is 4.57 Å². The summed E-state index contributed by atoms with van der Waals surface area (Å²) in [7, 11) is 4.83. The summed E-state index contributed by atoms with van der Waals surface area (Å²) in [6, 6.07) is 10.8. The number of fused-ring (bicyclic) bond motifs is 1. The van der Waals surface area contributed by atoms with E-state index in [2.05, 4.69) is 4.99 Å². The minimum Gasteiger partial charge on any atom is -0.494 e. The Balaban J connectivity index is 2.07. The third kappa shape index (κ3) is 4.60. The van der Waals surface area contributed by atoms with Crippen LogP contribution in [0.25, 0.3) is 10.2 Å². The molecule has 0 atom stereocenters. The van der Waals surface area contributed by atoms with Gasteiger partial charge < -0.3 is 23.5 Å². The first-order chi connectivity index (χ1) is 14.1. The zero-order chi connectivity index (χ0) is 20.8. The van der Waals surface area contributed by atoms with Gasteiger partial charge in [-0.3, -0.25) is 4.79 Å². The van der Waals surface area contributed by atoms with Crippen molar-refractivity contribution in [2.24, 2.45) is 4.99 Å². The first-order valence-electron chi connectivity index (χ1n) is 9.17. The van der Waals surface area contributed by atoms with E-state index in [0.717, 1.165) is 16.0 Å². The van der Waals surface area contributed by atoms with Crippen molar-refractivity contribution in [2.75, 3.05) is 34.5 Å². The highest BCUT2D eigenvalue weighted by atomic mass is 32.1. The lowest BCUT2D eigenvalue weighted by atomic mass is 10.2. The van der Waals surface area contributed by atoms with Gasteiger partial charge in [0.2, 0.25) is 0 Å². The van der Waals surface area contributed by atoms with Gasteiger partial charge in [0.15, 0.2) is 16.3 Å². The summed E-state index contributed by atoms with van der Waals surface area (Å²) in [5, 5.41) is 0. The molecule has 1 amide bonds. The highest BCUT2D eigenvalue weighted by Crippen LogP contribution is 2.33. The lowest BCUT2D eigenvalue weighted by molar-refractivity contribution is 0.0997. The number of benzene rings is 2. The smallest absolute Gasteiger partial charge is 0.279 e. The molecule has 0 saturated heterocycles. The van der Waals surface area contributed by atoms with Gasteiger partial charge in [0.25, 0.3) is 5.91 Å². The van der Waals surface area contributed by atoms with Gasteiger partial charge in [0.1, 0.15) is 5.75 Å². The van der Waals surface area contributed by atoms with Crippen LogP contribution in [-0.2, 0) is 11.3 Å². The molecule has 0 N–H and O–H groups in total. The van der Waals surface area contributed by atoms with Crippen LogP contribution < -0.4 is 19.0 Å². The summed E-state index contributed by atoms with van der Waals surface area (Å²) >= 11 is 1.42. The van der Waals surface area contributed by atoms with E-state index < -0.39 is 0 Å². The van der Waals surface area contributed by atoms with E-state index in [4.69, 9.17) is 18.9 Å². The topological polar surface area (TPSA) is 71.3 Å². The summed E-state index contributed by atoms with van der Waals surface area (Å²) in [5.74, 6) is 1.66. The van der Waals surface area contributed by atoms with Crippen LogP contribution in [0, 0.1) is 0 Å². The second-order valence-corrected chi connectivity index (χ2v) is 7.09. The summed E-state index contributed by atoms with van der Waals surface area (Å²) in [6.07, 6.45) is 0. The SMILES string of the molecule is CCOc1ccc(C(=O)N=c2sc3cc(OC)c(OC)cc3n2CCOC)cc1. The van der Waals surface area contributed by atoms with Crippen molar-refractivity contribution in [1.29, 1.82) is 0 Å². The molecule has 3 rings (SSSR count). The zero-order valence-electron chi connectivity index (χ0n) is 16.9. The van der Waals surface area contributed by atoms with Crippen molar-refractivity contribution in [3.63, 3.8) is 0 Å². The van der Waals surface area contributed by atoms with Gasteiger partial charge >= 0.3 is 0 Å². The summed E-state index contributed by atoms with van der Waals surface area (Å²) in [5.41, 5.74) is 1.40. The van der Waals surface area contributed by atoms with E-state index in [0.29, 0.717) is 41.6 Å². The Labute approximate surface area is 173 Å². The molecule has 154 valence electrons. The van der Waals surface area contributed by atoms with Crippen molar-refractivity contribution >= 4 is 27.5 Å². The van der Waals surface area contributed by atoms with Gasteiger partial charge in [-0.05, 0) is 31.2 Å². The van der Waals surface area contributed by atoms with Gasteiger partial charge in [-0.15, -0.1) is 0 Å². The Morgan fingerprint density at radius 3 is 2.38 bits per heavy atom. The Morgan fingerprint density at radius 2 is 1.76 bits per heavy atom. The van der Waals surface area contributed by atoms with E-state index in [1.54, 1.807) is 45.6 Å². The van der Waals surface area contributed by atoms with E-state index in [-0.39, 0.29) is 5.91 Å². The van der Waals surface area contributed by atoms with E-state index in [9.17, 15) is 4.79 Å². The van der Waals surface area contributed by atoms with Crippen LogP contribution in [0.4, 0.5) is 0 Å². The number of aromatic nitrogens is 1. The van der Waals surface area contributed by atoms with Gasteiger partial charge in [-0.25, -0.2) is 0 Å². The number of amides is 1. The minimum absolute atomic E-state index is 0.315. The van der Waals surface area contributed by atoms with Crippen LogP contribution >= 0.6 is 11.3 Å². The fourth-order valence-corrected chi connectivity index (χ4v) is 3.96. The van der Waals surface area contributed by atoms with Gasteiger partial charge in [0, 0.05) is 31.4 Å². The molecule has 7 nitrogen and oxygen atoms in total. The zero-order valence-corrected chi connectivity index (χ0v) is 17.7. The second kappa shape index (κ2) is 9.58. The van der Waals surface area contributed by atoms with Crippen molar-refractivity contribution in [2.45, 2.75) is 13.5 Å². The molecule has 3 aromatic rings. The lowest BCUT2D eigenvalue weighted by Gasteiger charge is -2.09. The van der Waals surface area contributed by atoms with Gasteiger partial charge in [-0.1, -0.05) is 11.3 Å². The summed E-state index contributed by atoms with van der Waals surface area (Å²) < 4.78 is 24.4. The quantitative estimate of drug-likeness (QED) is 0.562. The minimum atomic E-state index is -0.315. The van der Waals surface area contributed by atoms with Crippen LogP contribution in [0.1, 0.15) is 17.3 Å². The maximum atomic E-state index is 12.7. The van der Waals surface area contributed by atoms with Crippen LogP contribution in [0.15, 0.2) is 41.4 Å². The average Bonchev–Trinajstić information content (AvgIpc) is 3.07. The van der Waals surface area contributed by atoms with Crippen LogP contribution in [0.3, 0.4) is 0 Å². The molecule has 1 heterocycles. The molecule has 29 heavy (non-hydrogen) atoms. The van der Waals surface area contributed by atoms with Crippen LogP contribution in [0.5, 0.6) is 17.2 Å². The number of ether oxygens (including phenoxy) is 4. The summed E-state index contributed by atoms with van der Waals surface area (Å²) in [4.78, 5) is 17.7. The van der Waals surface area contributed by atoms with Crippen LogP contribution in [-0.4, -0.2) is 45.0 Å². The number of hydrogen-bond donors (Lipinski definition) is 0. The number of carbonyl (C=O) groups excluding carboxylic acids is 1. The molecule has 2 aromatic carbocycles. The maximum Gasteiger partial charge on any atom is 0.279 e. The Kier molecular flexibility index (Phi) is 6.90. The highest BCUT2D eigenvalue weighted by molar-refractivity contribution is 7.16. The van der Waals surface area contributed by atoms with E-state index in [1.807, 2.05) is 23.6 Å². The first kappa shape index (κ1) is 20.9. The van der Waals surface area contributed by atoms with Crippen LogP contribution in [0.2, 0.25) is 0 Å². The number of nitrogens with zero attached hydrogens (tertiary/aromatic N) is 2. The van der Waals surface area contributed by atoms with E-state index in [1.165, 1.54) is 11.3 Å². The molecule has 8 heteroatoms. The van der Waals surface area contributed by atoms with Crippen molar-refractivity contribution < 1.29 is 23.7 Å². The normalized spacial score (nSPS) is 11.7. The van der Waals surface area contributed by atoms with Crippen molar-refractivity contribution in [3.8, 4) is 17.2 Å². The maximum absolute atomic E-state index is 12.7. The molecule has 0 radical (unpaired) electrons. The molecule has 0 bridgehead atoms. The molecule has 0 aliphatic rings. The third-order valence-electron chi connectivity index (χ3n) is 4.32. The van der Waals surface area contributed by atoms with Gasteiger partial charge in [0.05, 0.1) is 37.6 Å². The van der Waals surface area contributed by atoms with Gasteiger partial charge in [-0.2, -0.15) is 4.99 Å². The number of carbonyl (C=O) groups is 1. The predicted octanol–water partition coefficient (Wildman–Crippen LogP) is 3.51. The number of thiazole rings is 1. The van der Waals surface area contributed by atoms with E-state index >= 15 is 0 Å². The molecular weight excluding hydrogens is 392 g/mol. The molecule has 0 saturated carbocycles. The Morgan fingerprint density at radius 1 is 1.07 bits per heavy atom. The number of methoxy groups -OCH3 is 3. The lowest BCUT2D eigenvalue weighted by Crippen LogP contribution is -2.19. The number of rotatable bonds is 8. The predicted molar refractivity (Wildman–Crippen MR) is 112 cm³/mol. The molecule has 0 aliphatic carbocycles. The third-order valence-corrected chi connectivity index (χ3v) is 5.36. The molecule has 0 unspecified atom stereocenters. The molecule has 0 fully saturated rings. The fraction of sp³-hybridized carbons (Fsp3) is 0.333. The monoisotopic (exact) mass is 416 g/mol. The number of hydrogen-bond acceptors (Lipinski definition) is 6. The molecule has 0 aliphatic heterocycles. The summed E-state index contributed by atoms with van der Waals surface area (Å²) in [6.45, 7) is 3.54. The Bertz CT molecular complexity index is 1050. The highest BCUT2D eigenvalue weighted by Gasteiger charge is 2.14. The first-order valence-corrected chi connectivity index (χ1v) is 9.99. The molecule has 0 spiro atoms. The average molecular weight is 416 g/mol.